The van der Waals surface area contributed by atoms with Gasteiger partial charge in [-0.1, -0.05) is 42.5 Å². The summed E-state index contributed by atoms with van der Waals surface area (Å²) >= 11 is 0. The Morgan fingerprint density at radius 2 is 1.70 bits per heavy atom. The average Bonchev–Trinajstić information content (AvgIpc) is 3.44. The van der Waals surface area contributed by atoms with Gasteiger partial charge in [-0.05, 0) is 61.0 Å². The largest absolute Gasteiger partial charge is 0.467 e. The van der Waals surface area contributed by atoms with Crippen molar-refractivity contribution in [1.29, 1.82) is 0 Å². The summed E-state index contributed by atoms with van der Waals surface area (Å²) < 4.78 is 19.2. The van der Waals surface area contributed by atoms with E-state index >= 15 is 0 Å². The maximum Gasteiger partial charge on any atom is 0.222 e. The standard InChI is InChI=1S/C30H27FN4O2/c1-21(22-8-3-2-4-9-22)32-28(36)17-18-35(20-25-10-7-19-37-25)30-26-11-5-6-12-27(26)33-29(34-30)23-13-15-24(31)16-14-23/h2-16,19,21H,17-18,20H2,1H3,(H,32,36)/t21-/m0/s1. The molecule has 5 aromatic rings. The fourth-order valence-corrected chi connectivity index (χ4v) is 4.25. The van der Waals surface area contributed by atoms with Crippen LogP contribution in [0.1, 0.15) is 30.7 Å². The second-order valence-electron chi connectivity index (χ2n) is 8.85. The highest BCUT2D eigenvalue weighted by atomic mass is 19.1. The van der Waals surface area contributed by atoms with Crippen LogP contribution in [-0.4, -0.2) is 22.4 Å². The fourth-order valence-electron chi connectivity index (χ4n) is 4.25. The molecule has 1 atom stereocenters. The van der Waals surface area contributed by atoms with Crippen molar-refractivity contribution in [3.63, 3.8) is 0 Å². The maximum atomic E-state index is 13.6. The molecule has 6 nitrogen and oxygen atoms in total. The van der Waals surface area contributed by atoms with Crippen LogP contribution in [0.25, 0.3) is 22.3 Å². The van der Waals surface area contributed by atoms with Gasteiger partial charge in [0.2, 0.25) is 5.91 Å². The maximum absolute atomic E-state index is 13.6. The predicted octanol–water partition coefficient (Wildman–Crippen LogP) is 6.30. The Kier molecular flexibility index (Phi) is 7.21. The highest BCUT2D eigenvalue weighted by molar-refractivity contribution is 5.91. The van der Waals surface area contributed by atoms with Crippen LogP contribution in [0.2, 0.25) is 0 Å². The van der Waals surface area contributed by atoms with Gasteiger partial charge in [0.15, 0.2) is 5.82 Å². The Bertz CT molecular complexity index is 1470. The number of halogens is 1. The summed E-state index contributed by atoms with van der Waals surface area (Å²) in [5.41, 5.74) is 2.52. The van der Waals surface area contributed by atoms with Gasteiger partial charge in [-0.3, -0.25) is 4.79 Å². The fraction of sp³-hybridized carbons (Fsp3) is 0.167. The lowest BCUT2D eigenvalue weighted by Crippen LogP contribution is -2.32. The van der Waals surface area contributed by atoms with Crippen LogP contribution < -0.4 is 10.2 Å². The minimum absolute atomic E-state index is 0.0575. The summed E-state index contributed by atoms with van der Waals surface area (Å²) in [6.45, 7) is 2.82. The molecule has 0 bridgehead atoms. The van der Waals surface area contributed by atoms with Crippen molar-refractivity contribution in [2.75, 3.05) is 11.4 Å². The molecular formula is C30H27FN4O2. The van der Waals surface area contributed by atoms with Crippen molar-refractivity contribution >= 4 is 22.6 Å². The van der Waals surface area contributed by atoms with Gasteiger partial charge in [0, 0.05) is 23.9 Å². The van der Waals surface area contributed by atoms with E-state index in [0.717, 1.165) is 22.2 Å². The van der Waals surface area contributed by atoms with Gasteiger partial charge in [-0.25, -0.2) is 14.4 Å². The summed E-state index contributed by atoms with van der Waals surface area (Å²) in [5, 5.41) is 3.94. The Balaban J connectivity index is 1.45. The smallest absolute Gasteiger partial charge is 0.222 e. The van der Waals surface area contributed by atoms with Crippen molar-refractivity contribution in [1.82, 2.24) is 15.3 Å². The van der Waals surface area contributed by atoms with E-state index in [1.165, 1.54) is 12.1 Å². The van der Waals surface area contributed by atoms with E-state index in [1.54, 1.807) is 18.4 Å². The molecule has 0 radical (unpaired) electrons. The van der Waals surface area contributed by atoms with E-state index < -0.39 is 0 Å². The van der Waals surface area contributed by atoms with Gasteiger partial charge in [-0.2, -0.15) is 0 Å². The predicted molar refractivity (Wildman–Crippen MR) is 142 cm³/mol. The van der Waals surface area contributed by atoms with Gasteiger partial charge in [0.1, 0.15) is 17.4 Å². The van der Waals surface area contributed by atoms with E-state index in [1.807, 2.05) is 78.6 Å². The van der Waals surface area contributed by atoms with E-state index in [4.69, 9.17) is 14.4 Å². The molecule has 0 aliphatic carbocycles. The number of carbonyl (C=O) groups excluding carboxylic acids is 1. The third-order valence-electron chi connectivity index (χ3n) is 6.20. The second-order valence-corrected chi connectivity index (χ2v) is 8.85. The van der Waals surface area contributed by atoms with Crippen LogP contribution >= 0.6 is 0 Å². The van der Waals surface area contributed by atoms with E-state index in [9.17, 15) is 9.18 Å². The van der Waals surface area contributed by atoms with Crippen LogP contribution in [0.5, 0.6) is 0 Å². The molecule has 2 heterocycles. The number of nitrogens with zero attached hydrogens (tertiary/aromatic N) is 3. The number of aromatic nitrogens is 2. The van der Waals surface area contributed by atoms with Crippen molar-refractivity contribution in [2.24, 2.45) is 0 Å². The van der Waals surface area contributed by atoms with Gasteiger partial charge in [0.25, 0.3) is 0 Å². The molecule has 1 amide bonds. The molecule has 0 unspecified atom stereocenters. The third kappa shape index (κ3) is 5.83. The number of anilines is 1. The number of rotatable bonds is 9. The average molecular weight is 495 g/mol. The van der Waals surface area contributed by atoms with Crippen LogP contribution in [0.15, 0.2) is 102 Å². The van der Waals surface area contributed by atoms with Gasteiger partial charge >= 0.3 is 0 Å². The quantitative estimate of drug-likeness (QED) is 0.260. The molecule has 0 saturated carbocycles. The summed E-state index contributed by atoms with van der Waals surface area (Å²) in [4.78, 5) is 24.6. The first-order valence-electron chi connectivity index (χ1n) is 12.2. The number of benzene rings is 3. The van der Waals surface area contributed by atoms with Crippen LogP contribution in [0.4, 0.5) is 10.2 Å². The van der Waals surface area contributed by atoms with Crippen LogP contribution in [0.3, 0.4) is 0 Å². The first-order chi connectivity index (χ1) is 18.1. The first kappa shape index (κ1) is 24.2. The number of hydrogen-bond acceptors (Lipinski definition) is 5. The zero-order chi connectivity index (χ0) is 25.6. The molecule has 186 valence electrons. The number of amides is 1. The molecule has 0 spiro atoms. The molecular weight excluding hydrogens is 467 g/mol. The summed E-state index contributed by atoms with van der Waals surface area (Å²) in [6, 6.07) is 27.4. The number of furan rings is 1. The van der Waals surface area contributed by atoms with Crippen LogP contribution in [-0.2, 0) is 11.3 Å². The molecule has 37 heavy (non-hydrogen) atoms. The summed E-state index contributed by atoms with van der Waals surface area (Å²) in [6.07, 6.45) is 1.89. The lowest BCUT2D eigenvalue weighted by Gasteiger charge is -2.25. The Labute approximate surface area is 214 Å². The highest BCUT2D eigenvalue weighted by Crippen LogP contribution is 2.29. The zero-order valence-electron chi connectivity index (χ0n) is 20.5. The number of para-hydroxylation sites is 1. The Morgan fingerprint density at radius 1 is 0.946 bits per heavy atom. The molecule has 7 heteroatoms. The minimum atomic E-state index is -0.319. The van der Waals surface area contributed by atoms with Crippen LogP contribution in [0, 0.1) is 5.82 Å². The van der Waals surface area contributed by atoms with Gasteiger partial charge in [0.05, 0.1) is 24.4 Å². The van der Waals surface area contributed by atoms with E-state index in [-0.39, 0.29) is 24.2 Å². The summed E-state index contributed by atoms with van der Waals surface area (Å²) in [5.74, 6) is 1.55. The third-order valence-corrected chi connectivity index (χ3v) is 6.20. The topological polar surface area (TPSA) is 71.3 Å². The molecule has 2 aromatic heterocycles. The van der Waals surface area contributed by atoms with Gasteiger partial charge < -0.3 is 14.6 Å². The van der Waals surface area contributed by atoms with E-state index in [2.05, 4.69) is 5.32 Å². The Morgan fingerprint density at radius 3 is 2.46 bits per heavy atom. The molecule has 0 saturated heterocycles. The molecule has 0 aliphatic rings. The van der Waals surface area contributed by atoms with Crippen molar-refractivity contribution in [3.8, 4) is 11.4 Å². The lowest BCUT2D eigenvalue weighted by molar-refractivity contribution is -0.121. The van der Waals surface area contributed by atoms with E-state index in [0.29, 0.717) is 30.3 Å². The number of carbonyl (C=O) groups is 1. The molecule has 5 rings (SSSR count). The zero-order valence-corrected chi connectivity index (χ0v) is 20.5. The highest BCUT2D eigenvalue weighted by Gasteiger charge is 2.19. The van der Waals surface area contributed by atoms with Gasteiger partial charge in [-0.15, -0.1) is 0 Å². The SMILES string of the molecule is C[C@H](NC(=O)CCN(Cc1ccco1)c1nc(-c2ccc(F)cc2)nc2ccccc12)c1ccccc1. The monoisotopic (exact) mass is 494 g/mol. The van der Waals surface area contributed by atoms with Crippen molar-refractivity contribution in [2.45, 2.75) is 25.9 Å². The molecule has 3 aromatic carbocycles. The number of hydrogen-bond donors (Lipinski definition) is 1. The molecule has 0 aliphatic heterocycles. The second kappa shape index (κ2) is 11.0. The normalized spacial score (nSPS) is 11.8. The lowest BCUT2D eigenvalue weighted by atomic mass is 10.1. The van der Waals surface area contributed by atoms with Crippen molar-refractivity contribution in [3.05, 3.63) is 114 Å². The number of nitrogens with one attached hydrogen (secondary N) is 1. The first-order valence-corrected chi connectivity index (χ1v) is 12.2. The summed E-state index contributed by atoms with van der Waals surface area (Å²) in [7, 11) is 0. The number of fused-ring (bicyclic) bond motifs is 1. The minimum Gasteiger partial charge on any atom is -0.467 e. The Hall–Kier alpha value is -4.52. The molecule has 0 fully saturated rings. The van der Waals surface area contributed by atoms with Crippen molar-refractivity contribution < 1.29 is 13.6 Å². The molecule has 1 N–H and O–H groups in total.